The number of amides is 2. The number of anilines is 1. The molecule has 0 bridgehead atoms. The summed E-state index contributed by atoms with van der Waals surface area (Å²) in [6.07, 6.45) is 1.22. The van der Waals surface area contributed by atoms with Crippen molar-refractivity contribution in [2.75, 3.05) is 18.5 Å². The fourth-order valence-electron chi connectivity index (χ4n) is 2.20. The fourth-order valence-corrected chi connectivity index (χ4v) is 2.20. The summed E-state index contributed by atoms with van der Waals surface area (Å²) in [6.45, 7) is 7.17. The van der Waals surface area contributed by atoms with Crippen molar-refractivity contribution in [2.24, 2.45) is 11.3 Å². The van der Waals surface area contributed by atoms with E-state index >= 15 is 0 Å². The number of hydrogen-bond acceptors (Lipinski definition) is 3. The fraction of sp³-hybridized carbons (Fsp3) is 0.529. The molecule has 0 aromatic heterocycles. The zero-order valence-electron chi connectivity index (χ0n) is 13.4. The molecule has 22 heavy (non-hydrogen) atoms. The maximum Gasteiger partial charge on any atom is 0.240 e. The van der Waals surface area contributed by atoms with E-state index in [2.05, 4.69) is 10.6 Å². The summed E-state index contributed by atoms with van der Waals surface area (Å²) >= 11 is 0. The maximum atomic E-state index is 12.4. The first-order chi connectivity index (χ1) is 10.5. The predicted octanol–water partition coefficient (Wildman–Crippen LogP) is 2.58. The van der Waals surface area contributed by atoms with E-state index in [0.29, 0.717) is 37.6 Å². The van der Waals surface area contributed by atoms with Crippen LogP contribution in [0, 0.1) is 11.3 Å². The van der Waals surface area contributed by atoms with Gasteiger partial charge in [-0.3, -0.25) is 9.59 Å². The third-order valence-corrected chi connectivity index (χ3v) is 3.71. The van der Waals surface area contributed by atoms with Gasteiger partial charge in [0.15, 0.2) is 0 Å². The van der Waals surface area contributed by atoms with Gasteiger partial charge >= 0.3 is 0 Å². The van der Waals surface area contributed by atoms with Crippen LogP contribution in [0.1, 0.15) is 33.6 Å². The quantitative estimate of drug-likeness (QED) is 0.761. The average molecular weight is 304 g/mol. The Balaban J connectivity index is 1.95. The minimum atomic E-state index is -0.881. The Morgan fingerprint density at radius 3 is 2.32 bits per heavy atom. The Morgan fingerprint density at radius 2 is 1.82 bits per heavy atom. The van der Waals surface area contributed by atoms with Crippen LogP contribution in [0.25, 0.3) is 0 Å². The van der Waals surface area contributed by atoms with E-state index in [-0.39, 0.29) is 11.8 Å². The Bertz CT molecular complexity index is 533. The SMILES string of the molecule is CCOc1ccc(NC(=O)C2(C(=O)NCC(C)C)CC2)cc1. The second-order valence-electron chi connectivity index (χ2n) is 6.10. The number of carbonyl (C=O) groups is 2. The molecule has 0 radical (unpaired) electrons. The third-order valence-electron chi connectivity index (χ3n) is 3.71. The van der Waals surface area contributed by atoms with Gasteiger partial charge < -0.3 is 15.4 Å². The van der Waals surface area contributed by atoms with Crippen LogP contribution in [-0.4, -0.2) is 25.0 Å². The van der Waals surface area contributed by atoms with Gasteiger partial charge in [0.1, 0.15) is 11.2 Å². The minimum Gasteiger partial charge on any atom is -0.494 e. The summed E-state index contributed by atoms with van der Waals surface area (Å²) in [7, 11) is 0. The topological polar surface area (TPSA) is 67.4 Å². The van der Waals surface area contributed by atoms with Crippen molar-refractivity contribution < 1.29 is 14.3 Å². The zero-order valence-corrected chi connectivity index (χ0v) is 13.4. The minimum absolute atomic E-state index is 0.162. The van der Waals surface area contributed by atoms with Crippen LogP contribution in [0.15, 0.2) is 24.3 Å². The molecule has 5 heteroatoms. The summed E-state index contributed by atoms with van der Waals surface area (Å²) in [6, 6.07) is 7.17. The molecule has 120 valence electrons. The number of hydrogen-bond donors (Lipinski definition) is 2. The standard InChI is InChI=1S/C17H24N2O3/c1-4-22-14-7-5-13(6-8-14)19-16(21)17(9-10-17)15(20)18-11-12(2)3/h5-8,12H,4,9-11H2,1-3H3,(H,18,20)(H,19,21). The van der Waals surface area contributed by atoms with E-state index in [1.807, 2.05) is 20.8 Å². The van der Waals surface area contributed by atoms with Gasteiger partial charge in [-0.25, -0.2) is 0 Å². The Hall–Kier alpha value is -2.04. The van der Waals surface area contributed by atoms with E-state index in [1.165, 1.54) is 0 Å². The molecule has 1 aromatic carbocycles. The van der Waals surface area contributed by atoms with E-state index in [4.69, 9.17) is 4.74 Å². The molecule has 1 saturated carbocycles. The van der Waals surface area contributed by atoms with E-state index in [9.17, 15) is 9.59 Å². The predicted molar refractivity (Wildman–Crippen MR) is 85.8 cm³/mol. The Kier molecular flexibility index (Phi) is 5.06. The molecule has 1 aliphatic rings. The molecular weight excluding hydrogens is 280 g/mol. The van der Waals surface area contributed by atoms with Crippen molar-refractivity contribution in [3.8, 4) is 5.75 Å². The van der Waals surface area contributed by atoms with Crippen molar-refractivity contribution in [2.45, 2.75) is 33.6 Å². The molecule has 2 N–H and O–H groups in total. The lowest BCUT2D eigenvalue weighted by atomic mass is 10.0. The van der Waals surface area contributed by atoms with Crippen LogP contribution >= 0.6 is 0 Å². The molecule has 2 rings (SSSR count). The second kappa shape index (κ2) is 6.81. The largest absolute Gasteiger partial charge is 0.494 e. The maximum absolute atomic E-state index is 12.4. The first kappa shape index (κ1) is 16.3. The smallest absolute Gasteiger partial charge is 0.240 e. The number of carbonyl (C=O) groups excluding carboxylic acids is 2. The lowest BCUT2D eigenvalue weighted by Gasteiger charge is -2.16. The van der Waals surface area contributed by atoms with Crippen molar-refractivity contribution >= 4 is 17.5 Å². The monoisotopic (exact) mass is 304 g/mol. The number of rotatable bonds is 7. The summed E-state index contributed by atoms with van der Waals surface area (Å²) in [4.78, 5) is 24.6. The molecule has 5 nitrogen and oxygen atoms in total. The van der Waals surface area contributed by atoms with E-state index < -0.39 is 5.41 Å². The number of ether oxygens (including phenoxy) is 1. The summed E-state index contributed by atoms with van der Waals surface area (Å²) in [5.74, 6) is 0.743. The van der Waals surface area contributed by atoms with Crippen LogP contribution in [-0.2, 0) is 9.59 Å². The highest BCUT2D eigenvalue weighted by atomic mass is 16.5. The Morgan fingerprint density at radius 1 is 1.18 bits per heavy atom. The molecule has 2 amide bonds. The van der Waals surface area contributed by atoms with E-state index in [1.54, 1.807) is 24.3 Å². The van der Waals surface area contributed by atoms with Crippen molar-refractivity contribution in [3.05, 3.63) is 24.3 Å². The highest BCUT2D eigenvalue weighted by Gasteiger charge is 2.56. The van der Waals surface area contributed by atoms with Crippen LogP contribution < -0.4 is 15.4 Å². The normalized spacial score (nSPS) is 15.3. The van der Waals surface area contributed by atoms with Gasteiger partial charge in [0.25, 0.3) is 0 Å². The van der Waals surface area contributed by atoms with Crippen molar-refractivity contribution in [3.63, 3.8) is 0 Å². The number of nitrogens with one attached hydrogen (secondary N) is 2. The highest BCUT2D eigenvalue weighted by Crippen LogP contribution is 2.46. The Labute approximate surface area is 131 Å². The van der Waals surface area contributed by atoms with Gasteiger partial charge in [0, 0.05) is 12.2 Å². The molecule has 0 atom stereocenters. The summed E-state index contributed by atoms with van der Waals surface area (Å²) in [5.41, 5.74) is -0.204. The molecule has 1 fully saturated rings. The van der Waals surface area contributed by atoms with Gasteiger partial charge in [0.2, 0.25) is 11.8 Å². The lowest BCUT2D eigenvalue weighted by molar-refractivity contribution is -0.134. The number of benzene rings is 1. The van der Waals surface area contributed by atoms with Crippen LogP contribution in [0.2, 0.25) is 0 Å². The van der Waals surface area contributed by atoms with E-state index in [0.717, 1.165) is 5.75 Å². The van der Waals surface area contributed by atoms with Crippen LogP contribution in [0.3, 0.4) is 0 Å². The third kappa shape index (κ3) is 3.78. The summed E-state index contributed by atoms with van der Waals surface area (Å²) < 4.78 is 5.36. The van der Waals surface area contributed by atoms with Gasteiger partial charge in [-0.2, -0.15) is 0 Å². The lowest BCUT2D eigenvalue weighted by Crippen LogP contribution is -2.41. The zero-order chi connectivity index (χ0) is 16.2. The summed E-state index contributed by atoms with van der Waals surface area (Å²) in [5, 5.41) is 5.68. The van der Waals surface area contributed by atoms with Gasteiger partial charge in [-0.1, -0.05) is 13.8 Å². The second-order valence-corrected chi connectivity index (χ2v) is 6.10. The molecule has 0 heterocycles. The molecule has 0 spiro atoms. The molecule has 1 aliphatic carbocycles. The first-order valence-electron chi connectivity index (χ1n) is 7.80. The van der Waals surface area contributed by atoms with Gasteiger partial charge in [-0.05, 0) is 49.9 Å². The molecule has 0 unspecified atom stereocenters. The first-order valence-corrected chi connectivity index (χ1v) is 7.80. The molecule has 1 aromatic rings. The highest BCUT2D eigenvalue weighted by molar-refractivity contribution is 6.13. The molecule has 0 saturated heterocycles. The molecular formula is C17H24N2O3. The van der Waals surface area contributed by atoms with Crippen LogP contribution in [0.5, 0.6) is 5.75 Å². The van der Waals surface area contributed by atoms with Gasteiger partial charge in [0.05, 0.1) is 6.61 Å². The van der Waals surface area contributed by atoms with Gasteiger partial charge in [-0.15, -0.1) is 0 Å². The molecule has 0 aliphatic heterocycles. The van der Waals surface area contributed by atoms with Crippen molar-refractivity contribution in [1.29, 1.82) is 0 Å². The average Bonchev–Trinajstić information content (AvgIpc) is 3.29. The van der Waals surface area contributed by atoms with Crippen molar-refractivity contribution in [1.82, 2.24) is 5.32 Å². The van der Waals surface area contributed by atoms with Crippen LogP contribution in [0.4, 0.5) is 5.69 Å².